The zero-order chi connectivity index (χ0) is 29.7. The molecule has 0 radical (unpaired) electrons. The number of fused-ring (bicyclic) bond motifs is 1. The summed E-state index contributed by atoms with van der Waals surface area (Å²) in [5, 5.41) is 0. The van der Waals surface area contributed by atoms with E-state index in [4.69, 9.17) is 6.42 Å². The van der Waals surface area contributed by atoms with E-state index in [1.807, 2.05) is 0 Å². The van der Waals surface area contributed by atoms with Crippen LogP contribution in [0.3, 0.4) is 0 Å². The van der Waals surface area contributed by atoms with Crippen LogP contribution in [0.2, 0.25) is 0 Å². The first-order valence-corrected chi connectivity index (χ1v) is 15.3. The molecule has 41 heavy (non-hydrogen) atoms. The maximum atomic E-state index is 6.19. The number of benzene rings is 3. The minimum atomic E-state index is -0.408. The van der Waals surface area contributed by atoms with Crippen LogP contribution in [-0.4, -0.2) is 0 Å². The average molecular weight is 541 g/mol. The molecule has 1 fully saturated rings. The number of hydrogen-bond acceptors (Lipinski definition) is 0. The van der Waals surface area contributed by atoms with Crippen molar-refractivity contribution < 1.29 is 0 Å². The summed E-state index contributed by atoms with van der Waals surface area (Å²) in [6.45, 7) is 23.6. The number of aryl methyl sites for hydroxylation is 3. The average Bonchev–Trinajstić information content (AvgIpc) is 3.26. The molecule has 2 unspecified atom stereocenters. The van der Waals surface area contributed by atoms with Crippen LogP contribution in [0.1, 0.15) is 109 Å². The lowest BCUT2D eigenvalue weighted by atomic mass is 9.73. The van der Waals surface area contributed by atoms with Gasteiger partial charge in [0.2, 0.25) is 0 Å². The van der Waals surface area contributed by atoms with E-state index >= 15 is 0 Å². The van der Waals surface area contributed by atoms with Gasteiger partial charge in [-0.2, -0.15) is 0 Å². The van der Waals surface area contributed by atoms with Gasteiger partial charge in [-0.05, 0) is 116 Å². The van der Waals surface area contributed by atoms with Crippen molar-refractivity contribution in [2.24, 2.45) is 5.92 Å². The van der Waals surface area contributed by atoms with E-state index in [2.05, 4.69) is 121 Å². The Kier molecular flexibility index (Phi) is 9.60. The summed E-state index contributed by atoms with van der Waals surface area (Å²) < 4.78 is 0. The van der Waals surface area contributed by atoms with E-state index in [0.29, 0.717) is 11.8 Å². The molecule has 3 aromatic carbocycles. The highest BCUT2D eigenvalue weighted by atomic mass is 14.4. The third-order valence-electron chi connectivity index (χ3n) is 9.18. The summed E-state index contributed by atoms with van der Waals surface area (Å²) in [5.74, 6) is 4.39. The standard InChI is InChI=1S/C28H30.C13H18/c1-6-28(25-14-12-19(2)13-15-25)18-21(4)26-17-24(16-20(3)27(26)28)22(5)23-10-8-7-9-11-23;1-10(2)9-12(4)13-7-5-11(3)6-8-13/h1,12-17,23H,4-5,7-11,18H2,2-3H3;5-8,12H,1,9H2,2-4H3. The molecule has 212 valence electrons. The van der Waals surface area contributed by atoms with E-state index in [9.17, 15) is 0 Å². The molecular formula is C41H48. The van der Waals surface area contributed by atoms with Crippen molar-refractivity contribution in [2.75, 3.05) is 0 Å². The zero-order valence-electron chi connectivity index (χ0n) is 26.1. The Hall–Kier alpha value is -3.56. The molecule has 2 aliphatic carbocycles. The first kappa shape index (κ1) is 30.4. The van der Waals surface area contributed by atoms with Crippen molar-refractivity contribution in [3.63, 3.8) is 0 Å². The van der Waals surface area contributed by atoms with Gasteiger partial charge in [0.15, 0.2) is 0 Å². The van der Waals surface area contributed by atoms with Gasteiger partial charge in [-0.1, -0.05) is 117 Å². The fraction of sp³-hybridized carbons (Fsp3) is 0.366. The molecule has 1 saturated carbocycles. The topological polar surface area (TPSA) is 0 Å². The highest BCUT2D eigenvalue weighted by Crippen LogP contribution is 2.51. The van der Waals surface area contributed by atoms with Gasteiger partial charge in [-0.25, -0.2) is 0 Å². The minimum absolute atomic E-state index is 0.408. The van der Waals surface area contributed by atoms with Crippen molar-refractivity contribution in [1.82, 2.24) is 0 Å². The van der Waals surface area contributed by atoms with Gasteiger partial charge in [0, 0.05) is 0 Å². The van der Waals surface area contributed by atoms with E-state index in [1.54, 1.807) is 0 Å². The highest BCUT2D eigenvalue weighted by molar-refractivity contribution is 5.83. The molecule has 2 atom stereocenters. The summed E-state index contributed by atoms with van der Waals surface area (Å²) in [6.07, 6.45) is 14.6. The van der Waals surface area contributed by atoms with Crippen LogP contribution in [0.25, 0.3) is 11.1 Å². The largest absolute Gasteiger partial charge is 0.119 e. The second-order valence-corrected chi connectivity index (χ2v) is 12.7. The van der Waals surface area contributed by atoms with Crippen molar-refractivity contribution in [3.8, 4) is 12.3 Å². The molecular weight excluding hydrogens is 492 g/mol. The molecule has 0 spiro atoms. The fourth-order valence-electron chi connectivity index (χ4n) is 6.83. The van der Waals surface area contributed by atoms with E-state index in [0.717, 1.165) is 18.4 Å². The van der Waals surface area contributed by atoms with Gasteiger partial charge in [0.25, 0.3) is 0 Å². The van der Waals surface area contributed by atoms with Gasteiger partial charge < -0.3 is 0 Å². The molecule has 3 aromatic rings. The minimum Gasteiger partial charge on any atom is -0.119 e. The predicted octanol–water partition coefficient (Wildman–Crippen LogP) is 11.3. The Morgan fingerprint density at radius 2 is 1.51 bits per heavy atom. The summed E-state index contributed by atoms with van der Waals surface area (Å²) in [7, 11) is 0. The molecule has 0 heteroatoms. The lowest BCUT2D eigenvalue weighted by Crippen LogP contribution is -2.23. The van der Waals surface area contributed by atoms with Crippen LogP contribution >= 0.6 is 0 Å². The van der Waals surface area contributed by atoms with Crippen molar-refractivity contribution >= 4 is 11.1 Å². The molecule has 0 amide bonds. The number of terminal acetylenes is 1. The fourth-order valence-corrected chi connectivity index (χ4v) is 6.83. The first-order chi connectivity index (χ1) is 19.6. The SMILES string of the molecule is C#CC1(c2ccc(C)cc2)CC(=C)c2cc(C(=C)C3CCCCC3)cc(C)c21.C=C(C)CC(C)c1ccc(C)cc1. The van der Waals surface area contributed by atoms with Gasteiger partial charge in [0.1, 0.15) is 0 Å². The molecule has 0 heterocycles. The maximum absolute atomic E-state index is 6.19. The monoisotopic (exact) mass is 540 g/mol. The first-order valence-electron chi connectivity index (χ1n) is 15.3. The second kappa shape index (κ2) is 13.0. The van der Waals surface area contributed by atoms with Gasteiger partial charge in [-0.3, -0.25) is 0 Å². The van der Waals surface area contributed by atoms with Crippen LogP contribution in [0, 0.1) is 39.0 Å². The third-order valence-corrected chi connectivity index (χ3v) is 9.18. The Bertz CT molecular complexity index is 1450. The molecule has 5 rings (SSSR count). The van der Waals surface area contributed by atoms with Crippen LogP contribution in [0.4, 0.5) is 0 Å². The Labute approximate surface area is 250 Å². The molecule has 0 N–H and O–H groups in total. The van der Waals surface area contributed by atoms with Gasteiger partial charge >= 0.3 is 0 Å². The van der Waals surface area contributed by atoms with Crippen molar-refractivity contribution in [2.45, 2.75) is 90.9 Å². The molecule has 0 aromatic heterocycles. The normalized spacial score (nSPS) is 19.0. The molecule has 0 aliphatic heterocycles. The number of hydrogen-bond donors (Lipinski definition) is 0. The predicted molar refractivity (Wildman–Crippen MR) is 180 cm³/mol. The lowest BCUT2D eigenvalue weighted by Gasteiger charge is -2.28. The van der Waals surface area contributed by atoms with Gasteiger partial charge in [-0.15, -0.1) is 13.0 Å². The lowest BCUT2D eigenvalue weighted by molar-refractivity contribution is 0.430. The Balaban J connectivity index is 0.000000251. The second-order valence-electron chi connectivity index (χ2n) is 12.7. The van der Waals surface area contributed by atoms with E-state index < -0.39 is 5.41 Å². The van der Waals surface area contributed by atoms with Crippen LogP contribution < -0.4 is 0 Å². The third kappa shape index (κ3) is 6.68. The maximum Gasteiger partial charge on any atom is 0.0857 e. The smallest absolute Gasteiger partial charge is 0.0857 e. The zero-order valence-corrected chi connectivity index (χ0v) is 26.1. The van der Waals surface area contributed by atoms with E-state index in [1.165, 1.54) is 87.8 Å². The number of rotatable bonds is 6. The molecule has 0 saturated heterocycles. The van der Waals surface area contributed by atoms with Crippen molar-refractivity contribution in [3.05, 3.63) is 130 Å². The molecule has 2 aliphatic rings. The summed E-state index contributed by atoms with van der Waals surface area (Å²) >= 11 is 0. The van der Waals surface area contributed by atoms with Gasteiger partial charge in [0.05, 0.1) is 5.41 Å². The summed E-state index contributed by atoms with van der Waals surface area (Å²) in [5.41, 5.74) is 13.5. The van der Waals surface area contributed by atoms with Crippen LogP contribution in [0.5, 0.6) is 0 Å². The quantitative estimate of drug-likeness (QED) is 0.215. The summed E-state index contributed by atoms with van der Waals surface area (Å²) in [6, 6.07) is 22.1. The molecule has 0 bridgehead atoms. The Morgan fingerprint density at radius 3 is 2.07 bits per heavy atom. The summed E-state index contributed by atoms with van der Waals surface area (Å²) in [4.78, 5) is 0. The van der Waals surface area contributed by atoms with Crippen LogP contribution in [0.15, 0.2) is 86.0 Å². The highest BCUT2D eigenvalue weighted by Gasteiger charge is 2.42. The van der Waals surface area contributed by atoms with E-state index in [-0.39, 0.29) is 0 Å². The molecule has 0 nitrogen and oxygen atoms in total. The Morgan fingerprint density at radius 1 is 0.927 bits per heavy atom. The van der Waals surface area contributed by atoms with Crippen molar-refractivity contribution in [1.29, 1.82) is 0 Å². The number of allylic oxidation sites excluding steroid dienone is 3. The van der Waals surface area contributed by atoms with Crippen LogP contribution in [-0.2, 0) is 5.41 Å².